The first-order chi connectivity index (χ1) is 35.3. The van der Waals surface area contributed by atoms with Crippen LogP contribution in [0.2, 0.25) is 0 Å². The maximum absolute atomic E-state index is 13.2. The van der Waals surface area contributed by atoms with Gasteiger partial charge in [0.05, 0.1) is 19.1 Å². The maximum atomic E-state index is 13.2. The Balaban J connectivity index is 0.000000188. The number of likely N-dealkylation sites (tertiary alicyclic amines) is 4. The minimum atomic E-state index is -1.36. The summed E-state index contributed by atoms with van der Waals surface area (Å²) in [5, 5.41) is 10.8. The van der Waals surface area contributed by atoms with E-state index in [0.717, 1.165) is 66.6 Å². The number of fused-ring (bicyclic) bond motifs is 1. The van der Waals surface area contributed by atoms with E-state index in [4.69, 9.17) is 9.84 Å². The van der Waals surface area contributed by atoms with Gasteiger partial charge in [0.1, 0.15) is 11.2 Å². The standard InChI is InChI=1S/C33H36N4O5.C17H23IN2O.C7H5IO2/c1-42-27-10-9-25-21-37(31(40)28(25)19-27)22-33(20-29(38)34-32(33)41)14-11-23-5-7-24(8-6-23)30(39)36-17-12-26(13-18-36)35-15-3-2-4-16-35;18-15-6-4-14(5-7-15)17(21)20-12-8-16(9-13-20)19-10-2-1-3-11-19;8-6-3-1-5(2-4-6)7(9)10/h5-10,19,26H,2-4,12-13,15-18,20-22H2,1H3,(H,34,38,41);4-7,16H,1-3,8-13H2;1-4H,(H,9,10)/t33-;;/m1../s1. The third kappa shape index (κ3) is 13.9. The Labute approximate surface area is 455 Å². The predicted octanol–water partition coefficient (Wildman–Crippen LogP) is 8.20. The zero-order chi connectivity index (χ0) is 51.5. The number of carboxylic acid groups (broad SMARTS) is 1. The fourth-order valence-electron chi connectivity index (χ4n) is 10.7. The molecule has 2 N–H and O–H groups in total. The highest BCUT2D eigenvalue weighted by Gasteiger charge is 2.48. The third-order valence-electron chi connectivity index (χ3n) is 14.9. The van der Waals surface area contributed by atoms with Crippen molar-refractivity contribution in [1.82, 2.24) is 29.8 Å². The average molecular weight is 1210 g/mol. The van der Waals surface area contributed by atoms with E-state index >= 15 is 0 Å². The second kappa shape index (κ2) is 25.2. The van der Waals surface area contributed by atoms with Crippen LogP contribution in [0.4, 0.5) is 0 Å². The van der Waals surface area contributed by atoms with Crippen LogP contribution in [0, 0.1) is 24.4 Å². The van der Waals surface area contributed by atoms with Gasteiger partial charge in [-0.05, 0) is 213 Å². The van der Waals surface area contributed by atoms with E-state index in [2.05, 4.69) is 72.1 Å². The molecule has 16 heteroatoms. The summed E-state index contributed by atoms with van der Waals surface area (Å²) < 4.78 is 7.47. The molecule has 6 aliphatic heterocycles. The van der Waals surface area contributed by atoms with E-state index in [0.29, 0.717) is 46.6 Å². The maximum Gasteiger partial charge on any atom is 0.335 e. The molecule has 0 spiro atoms. The summed E-state index contributed by atoms with van der Waals surface area (Å²) in [7, 11) is 1.54. The highest BCUT2D eigenvalue weighted by atomic mass is 127. The molecule has 0 radical (unpaired) electrons. The van der Waals surface area contributed by atoms with Gasteiger partial charge in [-0.3, -0.25) is 29.3 Å². The van der Waals surface area contributed by atoms with Gasteiger partial charge in [-0.1, -0.05) is 30.7 Å². The Bertz CT molecular complexity index is 2680. The summed E-state index contributed by atoms with van der Waals surface area (Å²) in [5.41, 5.74) is 2.40. The molecule has 0 aliphatic carbocycles. The molecule has 14 nitrogen and oxygen atoms in total. The van der Waals surface area contributed by atoms with E-state index in [1.165, 1.54) is 68.3 Å². The van der Waals surface area contributed by atoms with Crippen LogP contribution < -0.4 is 10.1 Å². The van der Waals surface area contributed by atoms with Crippen molar-refractivity contribution < 1.29 is 38.6 Å². The number of carbonyl (C=O) groups excluding carboxylic acids is 5. The number of nitrogens with one attached hydrogen (secondary N) is 1. The van der Waals surface area contributed by atoms with Crippen LogP contribution in [0.15, 0.2) is 91.0 Å². The number of piperidine rings is 4. The molecule has 0 saturated carbocycles. The van der Waals surface area contributed by atoms with Crippen LogP contribution in [-0.2, 0) is 16.1 Å². The van der Waals surface area contributed by atoms with Gasteiger partial charge in [-0.25, -0.2) is 4.79 Å². The molecule has 73 heavy (non-hydrogen) atoms. The molecule has 5 saturated heterocycles. The molecule has 384 valence electrons. The molecule has 5 fully saturated rings. The third-order valence-corrected chi connectivity index (χ3v) is 16.3. The van der Waals surface area contributed by atoms with Crippen LogP contribution >= 0.6 is 45.2 Å². The molecule has 4 aromatic carbocycles. The number of imide groups is 1. The average Bonchev–Trinajstić information content (AvgIpc) is 3.89. The number of ether oxygens (including phenoxy) is 1. The molecule has 5 amide bonds. The largest absolute Gasteiger partial charge is 0.497 e. The van der Waals surface area contributed by atoms with Gasteiger partial charge in [-0.15, -0.1) is 0 Å². The number of benzene rings is 4. The fraction of sp³-hybridized carbons (Fsp3) is 0.439. The lowest BCUT2D eigenvalue weighted by Crippen LogP contribution is -2.48. The number of nitrogens with zero attached hydrogens (tertiary/aromatic N) is 5. The van der Waals surface area contributed by atoms with Crippen LogP contribution in [-0.4, -0.2) is 143 Å². The summed E-state index contributed by atoms with van der Waals surface area (Å²) in [6.07, 6.45) is 12.1. The van der Waals surface area contributed by atoms with Crippen molar-refractivity contribution in [2.24, 2.45) is 5.41 Å². The first-order valence-corrected chi connectivity index (χ1v) is 27.7. The summed E-state index contributed by atoms with van der Waals surface area (Å²) in [6.45, 7) is 8.54. The molecule has 0 bridgehead atoms. The van der Waals surface area contributed by atoms with E-state index in [1.807, 2.05) is 40.1 Å². The summed E-state index contributed by atoms with van der Waals surface area (Å²) in [6, 6.07) is 28.3. The number of methoxy groups -OCH3 is 1. The van der Waals surface area contributed by atoms with E-state index in [9.17, 15) is 28.8 Å². The zero-order valence-electron chi connectivity index (χ0n) is 41.5. The van der Waals surface area contributed by atoms with E-state index in [-0.39, 0.29) is 30.7 Å². The number of amides is 5. The zero-order valence-corrected chi connectivity index (χ0v) is 45.8. The van der Waals surface area contributed by atoms with Gasteiger partial charge in [0, 0.05) is 80.7 Å². The summed E-state index contributed by atoms with van der Waals surface area (Å²) in [5.74, 6) is 4.86. The number of carboxylic acids is 1. The highest BCUT2D eigenvalue weighted by Crippen LogP contribution is 2.34. The smallest absolute Gasteiger partial charge is 0.335 e. The lowest BCUT2D eigenvalue weighted by Gasteiger charge is -2.40. The number of rotatable bonds is 8. The van der Waals surface area contributed by atoms with Crippen molar-refractivity contribution in [1.29, 1.82) is 0 Å². The molecule has 0 unspecified atom stereocenters. The number of halogens is 2. The molecular formula is C57H64I2N6O8. The topological polar surface area (TPSA) is 160 Å². The van der Waals surface area contributed by atoms with Gasteiger partial charge in [0.25, 0.3) is 17.7 Å². The van der Waals surface area contributed by atoms with Crippen molar-refractivity contribution >= 4 is 80.7 Å². The minimum absolute atomic E-state index is 0.00262. The van der Waals surface area contributed by atoms with Gasteiger partial charge >= 0.3 is 5.97 Å². The van der Waals surface area contributed by atoms with Crippen LogP contribution in [0.3, 0.4) is 0 Å². The SMILES string of the molecule is COc1ccc2c(c1)C(=O)N(C[C@@]1(C#Cc3ccc(C(=O)N4CCC(N5CCCCC5)CC4)cc3)CC(=O)NC1=O)C2.O=C(O)c1ccc(I)cc1.O=C(c1ccc(I)cc1)N1CCC(N2CCCCC2)CC1. The Hall–Kier alpha value is -5.36. The van der Waals surface area contributed by atoms with Crippen molar-refractivity contribution in [2.45, 2.75) is 89.3 Å². The van der Waals surface area contributed by atoms with E-state index in [1.54, 1.807) is 72.7 Å². The molecule has 0 aromatic heterocycles. The Morgan fingerprint density at radius 2 is 1.14 bits per heavy atom. The first kappa shape index (κ1) is 53.9. The van der Waals surface area contributed by atoms with Gasteiger partial charge in [0.15, 0.2) is 0 Å². The van der Waals surface area contributed by atoms with E-state index < -0.39 is 23.2 Å². The lowest BCUT2D eigenvalue weighted by molar-refractivity contribution is -0.127. The fourth-order valence-corrected chi connectivity index (χ4v) is 11.4. The number of carbonyl (C=O) groups is 6. The van der Waals surface area contributed by atoms with Crippen LogP contribution in [0.1, 0.15) is 123 Å². The van der Waals surface area contributed by atoms with Crippen LogP contribution in [0.25, 0.3) is 0 Å². The van der Waals surface area contributed by atoms with Crippen molar-refractivity contribution in [3.63, 3.8) is 0 Å². The molecule has 10 rings (SSSR count). The Morgan fingerprint density at radius 1 is 0.658 bits per heavy atom. The minimum Gasteiger partial charge on any atom is -0.497 e. The normalized spacial score (nSPS) is 20.6. The highest BCUT2D eigenvalue weighted by molar-refractivity contribution is 14.1. The number of hydrogen-bond donors (Lipinski definition) is 2. The molecule has 6 aliphatic rings. The van der Waals surface area contributed by atoms with Gasteiger partial charge < -0.3 is 34.3 Å². The Morgan fingerprint density at radius 3 is 1.59 bits per heavy atom. The molecule has 6 heterocycles. The molecular weight excluding hydrogens is 1150 g/mol. The first-order valence-electron chi connectivity index (χ1n) is 25.5. The lowest BCUT2D eigenvalue weighted by atomic mass is 9.85. The van der Waals surface area contributed by atoms with Crippen molar-refractivity contribution in [2.75, 3.05) is 66.0 Å². The second-order valence-electron chi connectivity index (χ2n) is 19.7. The molecule has 4 aromatic rings. The Kier molecular flexibility index (Phi) is 18.6. The quantitative estimate of drug-likeness (QED) is 0.100. The summed E-state index contributed by atoms with van der Waals surface area (Å²) >= 11 is 4.40. The van der Waals surface area contributed by atoms with Crippen molar-refractivity contribution in [3.05, 3.63) is 132 Å². The summed E-state index contributed by atoms with van der Waals surface area (Å²) in [4.78, 5) is 85.2. The van der Waals surface area contributed by atoms with Crippen LogP contribution in [0.5, 0.6) is 5.75 Å². The monoisotopic (exact) mass is 1210 g/mol. The number of hydrogen-bond acceptors (Lipinski definition) is 9. The second-order valence-corrected chi connectivity index (χ2v) is 22.2. The van der Waals surface area contributed by atoms with Gasteiger partial charge in [0.2, 0.25) is 11.8 Å². The van der Waals surface area contributed by atoms with Gasteiger partial charge in [-0.2, -0.15) is 0 Å². The predicted molar refractivity (Wildman–Crippen MR) is 295 cm³/mol. The number of aromatic carboxylic acids is 1. The molecule has 1 atom stereocenters. The van der Waals surface area contributed by atoms with Crippen molar-refractivity contribution in [3.8, 4) is 17.6 Å².